The lowest BCUT2D eigenvalue weighted by Gasteiger charge is -2.17. The van der Waals surface area contributed by atoms with Gasteiger partial charge in [-0.1, -0.05) is 18.2 Å². The predicted octanol–water partition coefficient (Wildman–Crippen LogP) is 2.29. The second kappa shape index (κ2) is 8.43. The number of hydrogen-bond donors (Lipinski definition) is 2. The summed E-state index contributed by atoms with van der Waals surface area (Å²) in [7, 11) is -3.22. The molecule has 2 N–H and O–H groups in total. The second-order valence-electron chi connectivity index (χ2n) is 6.66. The Bertz CT molecular complexity index is 971. The van der Waals surface area contributed by atoms with Gasteiger partial charge in [-0.05, 0) is 49.2 Å². The van der Waals surface area contributed by atoms with E-state index < -0.39 is 10.0 Å². The maximum absolute atomic E-state index is 12.1. The van der Waals surface area contributed by atoms with Gasteiger partial charge in [0.15, 0.2) is 0 Å². The number of nitrogens with zero attached hydrogens (tertiary/aromatic N) is 1. The summed E-state index contributed by atoms with van der Waals surface area (Å²) >= 11 is 0. The standard InChI is InChI=1S/C20H23N3O4S/c1-15-5-2-3-6-18(15)20(25)21-12-11-19(24)22-16-7-9-17(10-8-16)23-13-4-14-28(23,26)27/h2-3,5-10H,4,11-14H2,1H3,(H,21,25)(H,22,24). The van der Waals surface area contributed by atoms with Gasteiger partial charge < -0.3 is 10.6 Å². The van der Waals surface area contributed by atoms with E-state index in [9.17, 15) is 18.0 Å². The maximum atomic E-state index is 12.1. The first-order valence-corrected chi connectivity index (χ1v) is 10.7. The molecule has 2 aromatic carbocycles. The Balaban J connectivity index is 1.49. The van der Waals surface area contributed by atoms with Gasteiger partial charge in [0, 0.05) is 30.8 Å². The van der Waals surface area contributed by atoms with E-state index in [4.69, 9.17) is 0 Å². The summed E-state index contributed by atoms with van der Waals surface area (Å²) in [4.78, 5) is 24.2. The van der Waals surface area contributed by atoms with E-state index in [-0.39, 0.29) is 30.5 Å². The summed E-state index contributed by atoms with van der Waals surface area (Å²) in [5.41, 5.74) is 2.65. The first-order valence-electron chi connectivity index (χ1n) is 9.11. The Morgan fingerprint density at radius 3 is 2.43 bits per heavy atom. The molecule has 0 atom stereocenters. The average Bonchev–Trinajstić information content (AvgIpc) is 3.02. The quantitative estimate of drug-likeness (QED) is 0.776. The molecule has 7 nitrogen and oxygen atoms in total. The molecular formula is C20H23N3O4S. The fraction of sp³-hybridized carbons (Fsp3) is 0.300. The molecule has 1 heterocycles. The Labute approximate surface area is 164 Å². The van der Waals surface area contributed by atoms with Crippen LogP contribution in [0.4, 0.5) is 11.4 Å². The lowest BCUT2D eigenvalue weighted by atomic mass is 10.1. The number of anilines is 2. The molecule has 0 spiro atoms. The van der Waals surface area contributed by atoms with Crippen molar-refractivity contribution in [2.75, 3.05) is 28.5 Å². The van der Waals surface area contributed by atoms with Crippen LogP contribution in [0, 0.1) is 6.92 Å². The average molecular weight is 401 g/mol. The number of sulfonamides is 1. The van der Waals surface area contributed by atoms with Gasteiger partial charge in [0.25, 0.3) is 5.91 Å². The summed E-state index contributed by atoms with van der Waals surface area (Å²) < 4.78 is 25.3. The van der Waals surface area contributed by atoms with Crippen LogP contribution in [0.2, 0.25) is 0 Å². The Kier molecular flexibility index (Phi) is 5.99. The van der Waals surface area contributed by atoms with Gasteiger partial charge >= 0.3 is 0 Å². The Hall–Kier alpha value is -2.87. The maximum Gasteiger partial charge on any atom is 0.251 e. The second-order valence-corrected chi connectivity index (χ2v) is 8.67. The molecular weight excluding hydrogens is 378 g/mol. The van der Waals surface area contributed by atoms with Gasteiger partial charge in [-0.3, -0.25) is 13.9 Å². The van der Waals surface area contributed by atoms with E-state index in [1.54, 1.807) is 36.4 Å². The molecule has 2 aromatic rings. The lowest BCUT2D eigenvalue weighted by Crippen LogP contribution is -2.28. The van der Waals surface area contributed by atoms with Crippen LogP contribution in [0.5, 0.6) is 0 Å². The number of carbonyl (C=O) groups excluding carboxylic acids is 2. The van der Waals surface area contributed by atoms with Crippen molar-refractivity contribution in [1.82, 2.24) is 5.32 Å². The summed E-state index contributed by atoms with van der Waals surface area (Å²) in [6, 6.07) is 14.0. The number of amides is 2. The van der Waals surface area contributed by atoms with Crippen LogP contribution in [-0.2, 0) is 14.8 Å². The number of rotatable bonds is 6. The third kappa shape index (κ3) is 4.69. The van der Waals surface area contributed by atoms with Gasteiger partial charge in [0.05, 0.1) is 11.4 Å². The molecule has 1 saturated heterocycles. The molecule has 0 aliphatic carbocycles. The number of nitrogens with one attached hydrogen (secondary N) is 2. The van der Waals surface area contributed by atoms with Crippen LogP contribution in [-0.4, -0.2) is 39.1 Å². The van der Waals surface area contributed by atoms with Crippen molar-refractivity contribution in [3.8, 4) is 0 Å². The smallest absolute Gasteiger partial charge is 0.251 e. The van der Waals surface area contributed by atoms with Crippen LogP contribution in [0.1, 0.15) is 28.8 Å². The van der Waals surface area contributed by atoms with Crippen molar-refractivity contribution in [1.29, 1.82) is 0 Å². The molecule has 0 bridgehead atoms. The third-order valence-corrected chi connectivity index (χ3v) is 6.44. The van der Waals surface area contributed by atoms with Crippen molar-refractivity contribution in [2.45, 2.75) is 19.8 Å². The molecule has 148 valence electrons. The largest absolute Gasteiger partial charge is 0.352 e. The molecule has 8 heteroatoms. The Morgan fingerprint density at radius 2 is 1.79 bits per heavy atom. The summed E-state index contributed by atoms with van der Waals surface area (Å²) in [5, 5.41) is 5.49. The van der Waals surface area contributed by atoms with Crippen LogP contribution < -0.4 is 14.9 Å². The number of hydrogen-bond acceptors (Lipinski definition) is 4. The predicted molar refractivity (Wildman–Crippen MR) is 109 cm³/mol. The van der Waals surface area contributed by atoms with Gasteiger partial charge in [0.2, 0.25) is 15.9 Å². The highest BCUT2D eigenvalue weighted by molar-refractivity contribution is 7.93. The van der Waals surface area contributed by atoms with Gasteiger partial charge in [0.1, 0.15) is 0 Å². The highest BCUT2D eigenvalue weighted by Gasteiger charge is 2.28. The minimum Gasteiger partial charge on any atom is -0.352 e. The first-order chi connectivity index (χ1) is 13.4. The van der Waals surface area contributed by atoms with Crippen molar-refractivity contribution in [3.63, 3.8) is 0 Å². The molecule has 2 amide bonds. The summed E-state index contributed by atoms with van der Waals surface area (Å²) in [6.45, 7) is 2.57. The molecule has 1 aliphatic rings. The molecule has 3 rings (SSSR count). The fourth-order valence-electron chi connectivity index (χ4n) is 3.08. The van der Waals surface area contributed by atoms with Crippen molar-refractivity contribution in [3.05, 3.63) is 59.7 Å². The van der Waals surface area contributed by atoms with Crippen molar-refractivity contribution >= 4 is 33.2 Å². The van der Waals surface area contributed by atoms with Crippen LogP contribution in [0.3, 0.4) is 0 Å². The number of benzene rings is 2. The number of carbonyl (C=O) groups is 2. The monoisotopic (exact) mass is 401 g/mol. The first kappa shape index (κ1) is 19.9. The van der Waals surface area contributed by atoms with Crippen molar-refractivity contribution < 1.29 is 18.0 Å². The Morgan fingerprint density at radius 1 is 1.07 bits per heavy atom. The zero-order valence-electron chi connectivity index (χ0n) is 15.6. The zero-order valence-corrected chi connectivity index (χ0v) is 16.5. The number of aryl methyl sites for hydroxylation is 1. The zero-order chi connectivity index (χ0) is 20.1. The summed E-state index contributed by atoms with van der Waals surface area (Å²) in [6.07, 6.45) is 0.759. The van der Waals surface area contributed by atoms with Crippen LogP contribution >= 0.6 is 0 Å². The van der Waals surface area contributed by atoms with E-state index in [1.165, 1.54) is 4.31 Å². The lowest BCUT2D eigenvalue weighted by molar-refractivity contribution is -0.116. The topological polar surface area (TPSA) is 95.6 Å². The molecule has 0 radical (unpaired) electrons. The molecule has 28 heavy (non-hydrogen) atoms. The van der Waals surface area contributed by atoms with E-state index >= 15 is 0 Å². The highest BCUT2D eigenvalue weighted by Crippen LogP contribution is 2.25. The molecule has 1 fully saturated rings. The SMILES string of the molecule is Cc1ccccc1C(=O)NCCC(=O)Nc1ccc(N2CCCS2(=O)=O)cc1. The van der Waals surface area contributed by atoms with Gasteiger partial charge in [-0.2, -0.15) is 0 Å². The van der Waals surface area contributed by atoms with Gasteiger partial charge in [-0.25, -0.2) is 8.42 Å². The van der Waals surface area contributed by atoms with E-state index in [0.29, 0.717) is 29.9 Å². The van der Waals surface area contributed by atoms with Crippen molar-refractivity contribution in [2.24, 2.45) is 0 Å². The van der Waals surface area contributed by atoms with E-state index in [0.717, 1.165) is 5.56 Å². The third-order valence-electron chi connectivity index (χ3n) is 4.57. The highest BCUT2D eigenvalue weighted by atomic mass is 32.2. The fourth-order valence-corrected chi connectivity index (χ4v) is 4.64. The molecule has 0 unspecified atom stereocenters. The van der Waals surface area contributed by atoms with E-state index in [1.807, 2.05) is 19.1 Å². The molecule has 0 saturated carbocycles. The summed E-state index contributed by atoms with van der Waals surface area (Å²) in [5.74, 6) is -0.270. The van der Waals surface area contributed by atoms with Gasteiger partial charge in [-0.15, -0.1) is 0 Å². The minimum atomic E-state index is -3.22. The van der Waals surface area contributed by atoms with Crippen LogP contribution in [0.15, 0.2) is 48.5 Å². The molecule has 0 aromatic heterocycles. The minimum absolute atomic E-state index is 0.139. The molecule has 1 aliphatic heterocycles. The van der Waals surface area contributed by atoms with Crippen LogP contribution in [0.25, 0.3) is 0 Å². The van der Waals surface area contributed by atoms with E-state index in [2.05, 4.69) is 10.6 Å². The normalized spacial score (nSPS) is 15.2.